The molecule has 1 saturated carbocycles. The zero-order valence-corrected chi connectivity index (χ0v) is 15.9. The molecule has 0 saturated heterocycles. The van der Waals surface area contributed by atoms with E-state index in [1.54, 1.807) is 19.2 Å². The number of aromatic nitrogens is 2. The number of carbonyl (C=O) groups excluding carboxylic acids is 1. The number of amides is 1. The number of nitrogens with zero attached hydrogens (tertiary/aromatic N) is 2. The number of para-hydroxylation sites is 1. The van der Waals surface area contributed by atoms with E-state index in [-0.39, 0.29) is 11.9 Å². The van der Waals surface area contributed by atoms with Crippen LogP contribution in [0.5, 0.6) is 5.75 Å². The van der Waals surface area contributed by atoms with Crippen LogP contribution in [0.25, 0.3) is 0 Å². The van der Waals surface area contributed by atoms with Crippen LogP contribution in [0, 0.1) is 0 Å². The van der Waals surface area contributed by atoms with Crippen LogP contribution in [0.1, 0.15) is 54.6 Å². The van der Waals surface area contributed by atoms with Gasteiger partial charge in [-0.25, -0.2) is 0 Å². The van der Waals surface area contributed by atoms with E-state index in [2.05, 4.69) is 20.8 Å². The molecule has 6 nitrogen and oxygen atoms in total. The maximum atomic E-state index is 12.4. The van der Waals surface area contributed by atoms with Gasteiger partial charge in [0.05, 0.1) is 7.11 Å². The number of anilines is 1. The Morgan fingerprint density at radius 1 is 1.07 bits per heavy atom. The summed E-state index contributed by atoms with van der Waals surface area (Å²) in [5.74, 6) is 1.42. The molecule has 1 aliphatic carbocycles. The highest BCUT2D eigenvalue weighted by Gasteiger charge is 2.16. The van der Waals surface area contributed by atoms with Crippen LogP contribution in [-0.4, -0.2) is 35.8 Å². The van der Waals surface area contributed by atoms with Gasteiger partial charge in [-0.3, -0.25) is 4.79 Å². The van der Waals surface area contributed by atoms with Crippen LogP contribution >= 0.6 is 0 Å². The number of methoxy groups -OCH3 is 1. The van der Waals surface area contributed by atoms with Gasteiger partial charge in [0.1, 0.15) is 11.6 Å². The van der Waals surface area contributed by atoms with Crippen LogP contribution in [0.4, 0.5) is 5.82 Å². The van der Waals surface area contributed by atoms with E-state index in [9.17, 15) is 4.79 Å². The van der Waals surface area contributed by atoms with Crippen molar-refractivity contribution in [3.63, 3.8) is 0 Å². The Labute approximate surface area is 160 Å². The molecule has 1 aliphatic rings. The van der Waals surface area contributed by atoms with E-state index in [4.69, 9.17) is 4.74 Å². The lowest BCUT2D eigenvalue weighted by atomic mass is 10.1. The standard InChI is InChI=1S/C21H28N4O2/c1-27-19-11-7-6-8-16(19)14-15-22-20-13-12-18(24-25-20)21(26)23-17-9-4-2-3-5-10-17/h6-8,11-13,17H,2-5,9-10,14-15H2,1H3,(H,22,25)(H,23,26). The summed E-state index contributed by atoms with van der Waals surface area (Å²) in [4.78, 5) is 12.4. The third-order valence-electron chi connectivity index (χ3n) is 4.98. The largest absolute Gasteiger partial charge is 0.496 e. The number of hydrogen-bond donors (Lipinski definition) is 2. The molecule has 6 heteroatoms. The first-order valence-corrected chi connectivity index (χ1v) is 9.76. The van der Waals surface area contributed by atoms with Gasteiger partial charge in [0.15, 0.2) is 5.69 Å². The first-order valence-electron chi connectivity index (χ1n) is 9.76. The fraction of sp³-hybridized carbons (Fsp3) is 0.476. The van der Waals surface area contributed by atoms with Gasteiger partial charge in [0, 0.05) is 12.6 Å². The summed E-state index contributed by atoms with van der Waals surface area (Å²) in [6.45, 7) is 0.711. The molecule has 0 atom stereocenters. The molecule has 1 aromatic heterocycles. The Hall–Kier alpha value is -2.63. The molecule has 27 heavy (non-hydrogen) atoms. The highest BCUT2D eigenvalue weighted by Crippen LogP contribution is 2.18. The molecule has 2 aromatic rings. The average molecular weight is 368 g/mol. The van der Waals surface area contributed by atoms with Gasteiger partial charge in [0.25, 0.3) is 5.91 Å². The van der Waals surface area contributed by atoms with Crippen LogP contribution in [0.15, 0.2) is 36.4 Å². The molecule has 0 spiro atoms. The van der Waals surface area contributed by atoms with Crippen LogP contribution in [0.3, 0.4) is 0 Å². The third kappa shape index (κ3) is 5.67. The van der Waals surface area contributed by atoms with Crippen LogP contribution in [-0.2, 0) is 6.42 Å². The Morgan fingerprint density at radius 3 is 2.56 bits per heavy atom. The smallest absolute Gasteiger partial charge is 0.272 e. The third-order valence-corrected chi connectivity index (χ3v) is 4.98. The Kier molecular flexibility index (Phi) is 7.02. The zero-order valence-electron chi connectivity index (χ0n) is 15.9. The summed E-state index contributed by atoms with van der Waals surface area (Å²) in [5.41, 5.74) is 1.51. The summed E-state index contributed by atoms with van der Waals surface area (Å²) in [6, 6.07) is 11.8. The van der Waals surface area contributed by atoms with Crippen molar-refractivity contribution in [2.45, 2.75) is 51.0 Å². The first kappa shape index (κ1) is 19.1. The minimum atomic E-state index is -0.130. The average Bonchev–Trinajstić information content (AvgIpc) is 2.97. The minimum Gasteiger partial charge on any atom is -0.496 e. The number of carbonyl (C=O) groups is 1. The van der Waals surface area contributed by atoms with E-state index < -0.39 is 0 Å². The number of ether oxygens (including phenoxy) is 1. The van der Waals surface area contributed by atoms with Gasteiger partial charge in [-0.05, 0) is 43.0 Å². The monoisotopic (exact) mass is 368 g/mol. The molecule has 0 bridgehead atoms. The highest BCUT2D eigenvalue weighted by atomic mass is 16.5. The van der Waals surface area contributed by atoms with E-state index in [1.807, 2.05) is 24.3 Å². The van der Waals surface area contributed by atoms with Crippen molar-refractivity contribution in [1.82, 2.24) is 15.5 Å². The van der Waals surface area contributed by atoms with Crippen molar-refractivity contribution in [2.75, 3.05) is 19.0 Å². The fourth-order valence-electron chi connectivity index (χ4n) is 3.47. The van der Waals surface area contributed by atoms with Gasteiger partial charge < -0.3 is 15.4 Å². The topological polar surface area (TPSA) is 76.1 Å². The zero-order chi connectivity index (χ0) is 18.9. The SMILES string of the molecule is COc1ccccc1CCNc1ccc(C(=O)NC2CCCCCC2)nn1. The van der Waals surface area contributed by atoms with Gasteiger partial charge in [-0.15, -0.1) is 10.2 Å². The van der Waals surface area contributed by atoms with Crippen LogP contribution in [0.2, 0.25) is 0 Å². The molecule has 1 heterocycles. The van der Waals surface area contributed by atoms with Crippen molar-refractivity contribution in [3.05, 3.63) is 47.7 Å². The second kappa shape index (κ2) is 9.90. The lowest BCUT2D eigenvalue weighted by molar-refractivity contribution is 0.0927. The quantitative estimate of drug-likeness (QED) is 0.731. The molecule has 1 amide bonds. The van der Waals surface area contributed by atoms with Gasteiger partial charge in [0.2, 0.25) is 0 Å². The molecular formula is C21H28N4O2. The second-order valence-electron chi connectivity index (χ2n) is 6.95. The maximum absolute atomic E-state index is 12.4. The van der Waals surface area contributed by atoms with E-state index in [1.165, 1.54) is 25.7 Å². The van der Waals surface area contributed by atoms with Gasteiger partial charge >= 0.3 is 0 Å². The van der Waals surface area contributed by atoms with E-state index in [0.29, 0.717) is 18.1 Å². The number of nitrogens with one attached hydrogen (secondary N) is 2. The Balaban J connectivity index is 1.48. The van der Waals surface area contributed by atoms with Gasteiger partial charge in [-0.2, -0.15) is 0 Å². The summed E-state index contributed by atoms with van der Waals surface area (Å²) < 4.78 is 5.36. The van der Waals surface area contributed by atoms with Crippen molar-refractivity contribution in [3.8, 4) is 5.75 Å². The van der Waals surface area contributed by atoms with Crippen molar-refractivity contribution in [1.29, 1.82) is 0 Å². The molecule has 3 rings (SSSR count). The summed E-state index contributed by atoms with van der Waals surface area (Å²) in [5, 5.41) is 14.5. The van der Waals surface area contributed by atoms with E-state index >= 15 is 0 Å². The summed E-state index contributed by atoms with van der Waals surface area (Å²) in [6.07, 6.45) is 7.83. The lowest BCUT2D eigenvalue weighted by Crippen LogP contribution is -2.35. The Bertz CT molecular complexity index is 725. The summed E-state index contributed by atoms with van der Waals surface area (Å²) >= 11 is 0. The summed E-state index contributed by atoms with van der Waals surface area (Å²) in [7, 11) is 1.68. The number of rotatable bonds is 7. The first-order chi connectivity index (χ1) is 13.3. The molecule has 0 radical (unpaired) electrons. The molecule has 1 aromatic carbocycles. The minimum absolute atomic E-state index is 0.130. The molecule has 0 aliphatic heterocycles. The van der Waals surface area contributed by atoms with Crippen molar-refractivity contribution in [2.24, 2.45) is 0 Å². The Morgan fingerprint density at radius 2 is 1.85 bits per heavy atom. The number of benzene rings is 1. The fourth-order valence-corrected chi connectivity index (χ4v) is 3.47. The predicted octanol–water partition coefficient (Wildman–Crippen LogP) is 3.59. The van der Waals surface area contributed by atoms with Crippen molar-refractivity contribution < 1.29 is 9.53 Å². The second-order valence-corrected chi connectivity index (χ2v) is 6.95. The molecular weight excluding hydrogens is 340 g/mol. The van der Waals surface area contributed by atoms with Crippen LogP contribution < -0.4 is 15.4 Å². The van der Waals surface area contributed by atoms with E-state index in [0.717, 1.165) is 30.6 Å². The molecule has 0 unspecified atom stereocenters. The molecule has 144 valence electrons. The van der Waals surface area contributed by atoms with Crippen molar-refractivity contribution >= 4 is 11.7 Å². The molecule has 2 N–H and O–H groups in total. The van der Waals surface area contributed by atoms with Gasteiger partial charge in [-0.1, -0.05) is 43.9 Å². The lowest BCUT2D eigenvalue weighted by Gasteiger charge is -2.15. The maximum Gasteiger partial charge on any atom is 0.272 e. The number of hydrogen-bond acceptors (Lipinski definition) is 5. The molecule has 1 fully saturated rings. The normalized spacial score (nSPS) is 15.0. The highest BCUT2D eigenvalue weighted by molar-refractivity contribution is 5.92. The predicted molar refractivity (Wildman–Crippen MR) is 106 cm³/mol.